The van der Waals surface area contributed by atoms with Gasteiger partial charge >= 0.3 is 5.97 Å². The molecule has 244 valence electrons. The van der Waals surface area contributed by atoms with Crippen LogP contribution in [0.2, 0.25) is 0 Å². The zero-order chi connectivity index (χ0) is 33.7. The molecule has 10 heteroatoms. The van der Waals surface area contributed by atoms with Crippen LogP contribution in [-0.2, 0) is 32.6 Å². The van der Waals surface area contributed by atoms with Crippen LogP contribution in [0, 0.1) is 12.8 Å². The standard InChI is InChI=1S/C37H38N2O7S/c1-6-26-16-21-31-32(35(26)45-22-25-10-8-7-9-11-25)24(4)34(46-31)36(40)38-29-17-12-27(13-18-29)28-14-19-30(20-15-28)47(42,43)39-33(23(2)3)37(41)44-5/h7-21,23,33,39H,6,22H2,1-5H3,(H,38,40)/t33-/m0/s1. The molecular formula is C37H38N2O7S. The van der Waals surface area contributed by atoms with Gasteiger partial charge in [-0.25, -0.2) is 8.42 Å². The second kappa shape index (κ2) is 14.2. The highest BCUT2D eigenvalue weighted by Crippen LogP contribution is 2.37. The third-order valence-electron chi connectivity index (χ3n) is 7.99. The fourth-order valence-electron chi connectivity index (χ4n) is 5.32. The maximum Gasteiger partial charge on any atom is 0.324 e. The van der Waals surface area contributed by atoms with Crippen molar-refractivity contribution in [3.63, 3.8) is 0 Å². The first kappa shape index (κ1) is 33.4. The minimum Gasteiger partial charge on any atom is -0.488 e. The Bertz CT molecular complexity index is 1980. The van der Waals surface area contributed by atoms with Crippen LogP contribution in [0.3, 0.4) is 0 Å². The van der Waals surface area contributed by atoms with Crippen molar-refractivity contribution in [2.75, 3.05) is 12.4 Å². The number of anilines is 1. The number of hydrogen-bond acceptors (Lipinski definition) is 7. The number of sulfonamides is 1. The van der Waals surface area contributed by atoms with Crippen molar-refractivity contribution in [1.82, 2.24) is 4.72 Å². The highest BCUT2D eigenvalue weighted by molar-refractivity contribution is 7.89. The van der Waals surface area contributed by atoms with Gasteiger partial charge in [-0.2, -0.15) is 4.72 Å². The molecule has 0 unspecified atom stereocenters. The fraction of sp³-hybridized carbons (Fsp3) is 0.243. The quantitative estimate of drug-likeness (QED) is 0.136. The van der Waals surface area contributed by atoms with E-state index in [2.05, 4.69) is 17.0 Å². The van der Waals surface area contributed by atoms with E-state index in [1.54, 1.807) is 38.1 Å². The number of esters is 1. The van der Waals surface area contributed by atoms with Gasteiger partial charge in [0.25, 0.3) is 5.91 Å². The van der Waals surface area contributed by atoms with E-state index < -0.39 is 22.0 Å². The summed E-state index contributed by atoms with van der Waals surface area (Å²) in [4.78, 5) is 25.5. The van der Waals surface area contributed by atoms with Gasteiger partial charge in [-0.1, -0.05) is 81.4 Å². The van der Waals surface area contributed by atoms with Crippen LogP contribution in [0.1, 0.15) is 48.0 Å². The largest absolute Gasteiger partial charge is 0.488 e. The van der Waals surface area contributed by atoms with Crippen molar-refractivity contribution < 1.29 is 31.9 Å². The van der Waals surface area contributed by atoms with Crippen molar-refractivity contribution in [2.45, 2.75) is 51.7 Å². The fourth-order valence-corrected chi connectivity index (χ4v) is 6.65. The van der Waals surface area contributed by atoms with Crippen LogP contribution >= 0.6 is 0 Å². The third-order valence-corrected chi connectivity index (χ3v) is 9.44. The first-order valence-corrected chi connectivity index (χ1v) is 16.8. The van der Waals surface area contributed by atoms with Gasteiger partial charge in [0.15, 0.2) is 5.76 Å². The van der Waals surface area contributed by atoms with Gasteiger partial charge in [-0.05, 0) is 71.8 Å². The normalized spacial score (nSPS) is 12.2. The van der Waals surface area contributed by atoms with Crippen LogP contribution in [0.5, 0.6) is 5.75 Å². The molecule has 5 rings (SSSR count). The molecule has 47 heavy (non-hydrogen) atoms. The average molecular weight is 655 g/mol. The minimum absolute atomic E-state index is 0.0283. The molecule has 1 amide bonds. The number of fused-ring (bicyclic) bond motifs is 1. The number of furan rings is 1. The number of carbonyl (C=O) groups excluding carboxylic acids is 2. The van der Waals surface area contributed by atoms with E-state index >= 15 is 0 Å². The number of methoxy groups -OCH3 is 1. The topological polar surface area (TPSA) is 124 Å². The van der Waals surface area contributed by atoms with Crippen molar-refractivity contribution in [1.29, 1.82) is 0 Å². The second-order valence-electron chi connectivity index (χ2n) is 11.5. The molecule has 1 aromatic heterocycles. The Hall–Kier alpha value is -4.93. The van der Waals surface area contributed by atoms with Crippen molar-refractivity contribution in [2.24, 2.45) is 5.92 Å². The Morgan fingerprint density at radius 2 is 1.51 bits per heavy atom. The molecule has 0 saturated carbocycles. The van der Waals surface area contributed by atoms with E-state index in [0.717, 1.165) is 39.8 Å². The molecule has 1 atom stereocenters. The monoisotopic (exact) mass is 654 g/mol. The van der Waals surface area contributed by atoms with Gasteiger partial charge < -0.3 is 19.2 Å². The van der Waals surface area contributed by atoms with E-state index in [1.165, 1.54) is 19.2 Å². The summed E-state index contributed by atoms with van der Waals surface area (Å²) in [6, 6.07) is 26.3. The zero-order valence-electron chi connectivity index (χ0n) is 27.0. The lowest BCUT2D eigenvalue weighted by molar-refractivity contribution is -0.143. The molecule has 0 saturated heterocycles. The van der Waals surface area contributed by atoms with Crippen molar-refractivity contribution in [3.8, 4) is 16.9 Å². The van der Waals surface area contributed by atoms with Crippen LogP contribution in [0.15, 0.2) is 100 Å². The molecule has 0 aliphatic rings. The highest BCUT2D eigenvalue weighted by atomic mass is 32.2. The Labute approximate surface area is 275 Å². The van der Waals surface area contributed by atoms with Crippen LogP contribution in [-0.4, -0.2) is 33.4 Å². The van der Waals surface area contributed by atoms with Crippen LogP contribution in [0.4, 0.5) is 5.69 Å². The zero-order valence-corrected chi connectivity index (χ0v) is 27.8. The molecule has 0 spiro atoms. The maximum atomic E-state index is 13.4. The minimum atomic E-state index is -3.96. The molecule has 9 nitrogen and oxygen atoms in total. The second-order valence-corrected chi connectivity index (χ2v) is 13.2. The number of benzene rings is 4. The summed E-state index contributed by atoms with van der Waals surface area (Å²) < 4.78 is 45.4. The number of rotatable bonds is 12. The van der Waals surface area contributed by atoms with E-state index in [4.69, 9.17) is 13.9 Å². The first-order chi connectivity index (χ1) is 22.5. The molecule has 4 aromatic carbocycles. The lowest BCUT2D eigenvalue weighted by Gasteiger charge is -2.19. The summed E-state index contributed by atoms with van der Waals surface area (Å²) in [7, 11) is -2.74. The van der Waals surface area contributed by atoms with E-state index in [-0.39, 0.29) is 22.5 Å². The van der Waals surface area contributed by atoms with E-state index in [0.29, 0.717) is 23.4 Å². The Morgan fingerprint density at radius 1 is 0.872 bits per heavy atom. The number of carbonyl (C=O) groups is 2. The highest BCUT2D eigenvalue weighted by Gasteiger charge is 2.29. The molecule has 1 heterocycles. The summed E-state index contributed by atoms with van der Waals surface area (Å²) in [5.74, 6) is -0.398. The predicted octanol–water partition coefficient (Wildman–Crippen LogP) is 7.28. The Kier molecular flexibility index (Phi) is 10.1. The van der Waals surface area contributed by atoms with Crippen molar-refractivity contribution in [3.05, 3.63) is 113 Å². The summed E-state index contributed by atoms with van der Waals surface area (Å²) in [5.41, 5.74) is 5.52. The molecule has 0 radical (unpaired) electrons. The molecule has 0 fully saturated rings. The molecular weight excluding hydrogens is 616 g/mol. The molecule has 0 aliphatic carbocycles. The lowest BCUT2D eigenvalue weighted by atomic mass is 10.0. The number of aryl methyl sites for hydroxylation is 2. The van der Waals surface area contributed by atoms with Crippen LogP contribution < -0.4 is 14.8 Å². The van der Waals surface area contributed by atoms with Gasteiger partial charge in [0, 0.05) is 11.3 Å². The third kappa shape index (κ3) is 7.40. The van der Waals surface area contributed by atoms with Gasteiger partial charge in [0.1, 0.15) is 24.0 Å². The Morgan fingerprint density at radius 3 is 2.11 bits per heavy atom. The Balaban J connectivity index is 1.30. The SMILES string of the molecule is CCc1ccc2oc(C(=O)Nc3ccc(-c4ccc(S(=O)(=O)N[C@H](C(=O)OC)C(C)C)cc4)cc3)c(C)c2c1OCc1ccccc1. The van der Waals surface area contributed by atoms with Gasteiger partial charge in [-0.15, -0.1) is 0 Å². The predicted molar refractivity (Wildman–Crippen MR) is 182 cm³/mol. The van der Waals surface area contributed by atoms with E-state index in [1.807, 2.05) is 61.5 Å². The summed E-state index contributed by atoms with van der Waals surface area (Å²) in [6.07, 6.45) is 0.766. The molecule has 2 N–H and O–H groups in total. The van der Waals surface area contributed by atoms with Crippen LogP contribution in [0.25, 0.3) is 22.1 Å². The molecule has 0 bridgehead atoms. The summed E-state index contributed by atoms with van der Waals surface area (Å²) in [6.45, 7) is 7.79. The first-order valence-electron chi connectivity index (χ1n) is 15.4. The van der Waals surface area contributed by atoms with E-state index in [9.17, 15) is 18.0 Å². The molecule has 5 aromatic rings. The van der Waals surface area contributed by atoms with Crippen molar-refractivity contribution >= 4 is 38.6 Å². The summed E-state index contributed by atoms with van der Waals surface area (Å²) in [5, 5.41) is 3.70. The summed E-state index contributed by atoms with van der Waals surface area (Å²) >= 11 is 0. The lowest BCUT2D eigenvalue weighted by Crippen LogP contribution is -2.44. The number of ether oxygens (including phenoxy) is 2. The number of hydrogen-bond donors (Lipinski definition) is 2. The van der Waals surface area contributed by atoms with Gasteiger partial charge in [0.2, 0.25) is 10.0 Å². The number of nitrogens with one attached hydrogen (secondary N) is 2. The maximum absolute atomic E-state index is 13.4. The number of amides is 1. The smallest absolute Gasteiger partial charge is 0.324 e. The van der Waals surface area contributed by atoms with Gasteiger partial charge in [-0.3, -0.25) is 9.59 Å². The van der Waals surface area contributed by atoms with Gasteiger partial charge in [0.05, 0.1) is 17.4 Å². The molecule has 0 aliphatic heterocycles. The average Bonchev–Trinajstić information content (AvgIpc) is 3.43.